The fourth-order valence-electron chi connectivity index (χ4n) is 3.23. The minimum atomic E-state index is -1.08. The first kappa shape index (κ1) is 21.6. The Bertz CT molecular complexity index is 808. The van der Waals surface area contributed by atoms with Crippen LogP contribution in [-0.2, 0) is 16.0 Å². The first-order chi connectivity index (χ1) is 13.2. The Labute approximate surface area is 164 Å². The van der Waals surface area contributed by atoms with Gasteiger partial charge in [0.05, 0.1) is 5.69 Å². The number of rotatable bonds is 10. The number of carboxylic acids is 2. The normalized spacial score (nSPS) is 13.5. The molecule has 0 aliphatic heterocycles. The molecule has 0 spiro atoms. The second kappa shape index (κ2) is 9.50. The van der Waals surface area contributed by atoms with E-state index in [0.717, 1.165) is 16.7 Å². The summed E-state index contributed by atoms with van der Waals surface area (Å²) in [4.78, 5) is 27.4. The summed E-state index contributed by atoms with van der Waals surface area (Å²) < 4.78 is 5.48. The third kappa shape index (κ3) is 6.20. The van der Waals surface area contributed by atoms with Crippen LogP contribution in [0, 0.1) is 19.8 Å². The summed E-state index contributed by atoms with van der Waals surface area (Å²) in [5.41, 5.74) is 3.60. The number of aryl methyl sites for hydroxylation is 2. The van der Waals surface area contributed by atoms with Crippen molar-refractivity contribution in [3.63, 3.8) is 0 Å². The second-order valence-electron chi connectivity index (χ2n) is 7.66. The predicted molar refractivity (Wildman–Crippen MR) is 104 cm³/mol. The molecule has 1 heterocycles. The van der Waals surface area contributed by atoms with E-state index < -0.39 is 23.9 Å². The maximum Gasteiger partial charge on any atom is 0.320 e. The van der Waals surface area contributed by atoms with Gasteiger partial charge < -0.3 is 19.9 Å². The average Bonchev–Trinajstić information content (AvgIpc) is 3.00. The van der Waals surface area contributed by atoms with Gasteiger partial charge in [-0.3, -0.25) is 9.59 Å². The zero-order valence-corrected chi connectivity index (χ0v) is 16.7. The van der Waals surface area contributed by atoms with Crippen molar-refractivity contribution in [3.8, 4) is 0 Å². The van der Waals surface area contributed by atoms with Crippen LogP contribution in [0.5, 0.6) is 0 Å². The Kier molecular flexibility index (Phi) is 7.34. The highest BCUT2D eigenvalue weighted by Gasteiger charge is 2.27. The number of aromatic nitrogens is 1. The summed E-state index contributed by atoms with van der Waals surface area (Å²) in [5.74, 6) is -2.44. The van der Waals surface area contributed by atoms with Crippen molar-refractivity contribution < 1.29 is 24.2 Å². The number of carbonyl (C=O) groups is 2. The Balaban J connectivity index is 2.10. The molecule has 1 aromatic carbocycles. The van der Waals surface area contributed by atoms with Gasteiger partial charge in [-0.15, -0.1) is 0 Å². The molecule has 0 amide bonds. The minimum Gasteiger partial charge on any atom is -0.481 e. The van der Waals surface area contributed by atoms with Gasteiger partial charge in [-0.2, -0.15) is 0 Å². The molecule has 152 valence electrons. The van der Waals surface area contributed by atoms with Crippen molar-refractivity contribution in [3.05, 3.63) is 52.7 Å². The number of oxazole rings is 1. The fraction of sp³-hybridized carbons (Fsp3) is 0.476. The van der Waals surface area contributed by atoms with E-state index in [-0.39, 0.29) is 18.2 Å². The minimum absolute atomic E-state index is 0.0332. The molecular weight excluding hydrogens is 360 g/mol. The molecule has 0 aliphatic carbocycles. The molecule has 7 heteroatoms. The Morgan fingerprint density at radius 3 is 2.29 bits per heavy atom. The van der Waals surface area contributed by atoms with Gasteiger partial charge in [-0.1, -0.05) is 43.2 Å². The van der Waals surface area contributed by atoms with Gasteiger partial charge in [0.1, 0.15) is 18.2 Å². The van der Waals surface area contributed by atoms with Crippen LogP contribution in [0.2, 0.25) is 0 Å². The summed E-state index contributed by atoms with van der Waals surface area (Å²) in [6, 6.07) is 5.35. The summed E-state index contributed by atoms with van der Waals surface area (Å²) in [6.07, 6.45) is 2.22. The zero-order valence-electron chi connectivity index (χ0n) is 16.7. The molecule has 1 aromatic heterocycles. The molecule has 28 heavy (non-hydrogen) atoms. The number of aliphatic carboxylic acids is 2. The van der Waals surface area contributed by atoms with Gasteiger partial charge >= 0.3 is 11.9 Å². The first-order valence-corrected chi connectivity index (χ1v) is 9.36. The third-order valence-corrected chi connectivity index (χ3v) is 4.44. The summed E-state index contributed by atoms with van der Waals surface area (Å²) in [6.45, 7) is 7.83. The van der Waals surface area contributed by atoms with E-state index in [4.69, 9.17) is 4.42 Å². The number of carboxylic acid groups (broad SMARTS) is 2. The molecular formula is C21H28N2O5. The van der Waals surface area contributed by atoms with Gasteiger partial charge in [0.15, 0.2) is 5.89 Å². The quantitative estimate of drug-likeness (QED) is 0.573. The Hall–Kier alpha value is -2.67. The largest absolute Gasteiger partial charge is 0.481 e. The zero-order chi connectivity index (χ0) is 20.8. The molecule has 2 atom stereocenters. The number of hydrogen-bond donors (Lipinski definition) is 3. The molecule has 0 fully saturated rings. The SMILES string of the molecule is Cc1cc(C)cc(Cc2nc(C(CNC(CC(C)C)C(=O)O)C(=O)O)co2)c1. The summed E-state index contributed by atoms with van der Waals surface area (Å²) in [7, 11) is 0. The smallest absolute Gasteiger partial charge is 0.320 e. The van der Waals surface area contributed by atoms with Crippen molar-refractivity contribution in [1.29, 1.82) is 0 Å². The summed E-state index contributed by atoms with van der Waals surface area (Å²) >= 11 is 0. The molecule has 0 bridgehead atoms. The lowest BCUT2D eigenvalue weighted by atomic mass is 10.0. The maximum atomic E-state index is 11.7. The van der Waals surface area contributed by atoms with Crippen molar-refractivity contribution >= 4 is 11.9 Å². The third-order valence-electron chi connectivity index (χ3n) is 4.44. The van der Waals surface area contributed by atoms with Crippen LogP contribution in [0.15, 0.2) is 28.9 Å². The van der Waals surface area contributed by atoms with Gasteiger partial charge in [-0.25, -0.2) is 4.98 Å². The molecule has 0 aliphatic rings. The van der Waals surface area contributed by atoms with Crippen LogP contribution in [0.4, 0.5) is 0 Å². The fourth-order valence-corrected chi connectivity index (χ4v) is 3.23. The van der Waals surface area contributed by atoms with E-state index in [1.165, 1.54) is 6.26 Å². The summed E-state index contributed by atoms with van der Waals surface area (Å²) in [5, 5.41) is 21.7. The van der Waals surface area contributed by atoms with Crippen LogP contribution >= 0.6 is 0 Å². The number of hydrogen-bond acceptors (Lipinski definition) is 5. The van der Waals surface area contributed by atoms with Gasteiger partial charge in [0, 0.05) is 13.0 Å². The van der Waals surface area contributed by atoms with Crippen LogP contribution in [0.3, 0.4) is 0 Å². The lowest BCUT2D eigenvalue weighted by Crippen LogP contribution is -2.41. The lowest BCUT2D eigenvalue weighted by molar-refractivity contribution is -0.142. The highest BCUT2D eigenvalue weighted by molar-refractivity contribution is 5.76. The van der Waals surface area contributed by atoms with Crippen LogP contribution in [-0.4, -0.2) is 39.7 Å². The number of nitrogens with one attached hydrogen (secondary N) is 1. The van der Waals surface area contributed by atoms with Gasteiger partial charge in [0.25, 0.3) is 0 Å². The van der Waals surface area contributed by atoms with Gasteiger partial charge in [-0.05, 0) is 31.7 Å². The van der Waals surface area contributed by atoms with E-state index >= 15 is 0 Å². The van der Waals surface area contributed by atoms with Crippen LogP contribution < -0.4 is 5.32 Å². The first-order valence-electron chi connectivity index (χ1n) is 9.36. The molecule has 2 unspecified atom stereocenters. The van der Waals surface area contributed by atoms with Crippen molar-refractivity contribution in [1.82, 2.24) is 10.3 Å². The predicted octanol–water partition coefficient (Wildman–Crippen LogP) is 3.14. The van der Waals surface area contributed by atoms with Crippen molar-refractivity contribution in [2.75, 3.05) is 6.54 Å². The highest BCUT2D eigenvalue weighted by atomic mass is 16.4. The molecule has 2 aromatic rings. The highest BCUT2D eigenvalue weighted by Crippen LogP contribution is 2.19. The molecule has 3 N–H and O–H groups in total. The maximum absolute atomic E-state index is 11.7. The number of benzene rings is 1. The van der Waals surface area contributed by atoms with Gasteiger partial charge in [0.2, 0.25) is 0 Å². The molecule has 2 rings (SSSR count). The van der Waals surface area contributed by atoms with E-state index in [1.54, 1.807) is 0 Å². The molecule has 0 saturated carbocycles. The lowest BCUT2D eigenvalue weighted by Gasteiger charge is -2.18. The van der Waals surface area contributed by atoms with Crippen molar-refractivity contribution in [2.24, 2.45) is 5.92 Å². The monoisotopic (exact) mass is 388 g/mol. The molecule has 0 saturated heterocycles. The van der Waals surface area contributed by atoms with E-state index in [9.17, 15) is 19.8 Å². The molecule has 0 radical (unpaired) electrons. The van der Waals surface area contributed by atoms with Crippen LogP contribution in [0.25, 0.3) is 0 Å². The van der Waals surface area contributed by atoms with E-state index in [1.807, 2.05) is 39.8 Å². The van der Waals surface area contributed by atoms with Crippen molar-refractivity contribution in [2.45, 2.75) is 52.5 Å². The number of nitrogens with zero attached hydrogens (tertiary/aromatic N) is 1. The topological polar surface area (TPSA) is 113 Å². The Morgan fingerprint density at radius 1 is 1.11 bits per heavy atom. The second-order valence-corrected chi connectivity index (χ2v) is 7.66. The van der Waals surface area contributed by atoms with E-state index in [0.29, 0.717) is 18.7 Å². The average molecular weight is 388 g/mol. The standard InChI is InChI=1S/C21H28N2O5/c1-12(2)5-17(21(26)27)22-10-16(20(24)25)18-11-28-19(23-18)9-15-7-13(3)6-14(4)8-15/h6-8,11-12,16-17,22H,5,9-10H2,1-4H3,(H,24,25)(H,26,27). The Morgan fingerprint density at radius 2 is 1.75 bits per heavy atom. The van der Waals surface area contributed by atoms with E-state index in [2.05, 4.69) is 16.4 Å². The van der Waals surface area contributed by atoms with Crippen LogP contribution in [0.1, 0.15) is 54.5 Å². The molecule has 7 nitrogen and oxygen atoms in total.